The summed E-state index contributed by atoms with van der Waals surface area (Å²) in [5.41, 5.74) is 4.00. The summed E-state index contributed by atoms with van der Waals surface area (Å²) in [5.74, 6) is -1.84. The van der Waals surface area contributed by atoms with Crippen molar-refractivity contribution in [3.8, 4) is 0 Å². The van der Waals surface area contributed by atoms with Crippen molar-refractivity contribution in [3.63, 3.8) is 0 Å². The number of amides is 1. The van der Waals surface area contributed by atoms with Crippen LogP contribution in [0.25, 0.3) is 6.08 Å². The number of ketones is 1. The van der Waals surface area contributed by atoms with Gasteiger partial charge in [-0.15, -0.1) is 0 Å². The Bertz CT molecular complexity index is 3520. The van der Waals surface area contributed by atoms with Crippen molar-refractivity contribution in [2.75, 3.05) is 21.3 Å². The van der Waals surface area contributed by atoms with Gasteiger partial charge < -0.3 is 13.7 Å². The quantitative estimate of drug-likeness (QED) is 0.0452. The third-order valence-electron chi connectivity index (χ3n) is 9.00. The largest absolute Gasteiger partial charge is 1.00 e. The molecule has 1 aliphatic heterocycles. The van der Waals surface area contributed by atoms with E-state index in [4.69, 9.17) is 0 Å². The summed E-state index contributed by atoms with van der Waals surface area (Å²) in [5, 5.41) is 23.7. The number of nitrogens with zero attached hydrogens (tertiary/aromatic N) is 7. The average molecular weight is 995 g/mol. The van der Waals surface area contributed by atoms with Crippen LogP contribution in [0, 0.1) is 0 Å². The van der Waals surface area contributed by atoms with Crippen LogP contribution in [-0.2, 0) is 35.1 Å². The summed E-state index contributed by atoms with van der Waals surface area (Å²) >= 11 is 0. The zero-order valence-electron chi connectivity index (χ0n) is 35.1. The molecule has 7 rings (SSSR count). The molecule has 326 valence electrons. The van der Waals surface area contributed by atoms with E-state index in [2.05, 4.69) is 46.9 Å². The van der Waals surface area contributed by atoms with Gasteiger partial charge in [0.2, 0.25) is 16.6 Å². The Morgan fingerprint density at radius 1 is 0.657 bits per heavy atom. The number of fused-ring (bicyclic) bond motifs is 1. The molecular formula is C38H25N10Na3O13S3. The van der Waals surface area contributed by atoms with Gasteiger partial charge in [0.1, 0.15) is 41.4 Å². The van der Waals surface area contributed by atoms with Gasteiger partial charge in [0.15, 0.2) is 11.4 Å². The molecule has 0 saturated heterocycles. The molecule has 0 fully saturated rings. The van der Waals surface area contributed by atoms with Crippen LogP contribution in [0.1, 0.15) is 22.8 Å². The SMILES string of the molecule is CC1=NN(c2cccc(N/N=c3/c(=O)cc/c(=N\Nc4cc(S(=O)(=O)[O-])cc5c4C(=O)/C(=N\Nc4ccccc4)C(S(=O)(=O)[O-])=C5)c3=O)c2)C(=O)C1N=Nc1ccc(S(=O)(=O)[O-])cc1.[Na+].[Na+].[Na+]. The average Bonchev–Trinajstić information content (AvgIpc) is 3.53. The van der Waals surface area contributed by atoms with Crippen molar-refractivity contribution in [2.24, 2.45) is 30.6 Å². The maximum Gasteiger partial charge on any atom is 1.00 e. The van der Waals surface area contributed by atoms with Crippen LogP contribution in [0.5, 0.6) is 0 Å². The van der Waals surface area contributed by atoms with E-state index in [1.54, 1.807) is 18.2 Å². The van der Waals surface area contributed by atoms with Gasteiger partial charge in [-0.25, -0.2) is 25.3 Å². The molecule has 67 heavy (non-hydrogen) atoms. The number of benzene rings is 5. The van der Waals surface area contributed by atoms with Crippen LogP contribution in [0.3, 0.4) is 0 Å². The van der Waals surface area contributed by atoms with E-state index in [1.807, 2.05) is 0 Å². The number of hydrogen-bond acceptors (Lipinski definition) is 22. The van der Waals surface area contributed by atoms with Crippen LogP contribution in [0.4, 0.5) is 28.4 Å². The molecule has 1 heterocycles. The molecule has 0 spiro atoms. The zero-order chi connectivity index (χ0) is 46.1. The number of hydrogen-bond donors (Lipinski definition) is 3. The second-order valence-electron chi connectivity index (χ2n) is 13.3. The molecule has 5 aromatic carbocycles. The summed E-state index contributed by atoms with van der Waals surface area (Å²) in [6, 6.07) is 20.4. The van der Waals surface area contributed by atoms with E-state index >= 15 is 0 Å². The number of nitrogens with one attached hydrogen (secondary N) is 3. The molecule has 5 aromatic rings. The Morgan fingerprint density at radius 3 is 1.94 bits per heavy atom. The third kappa shape index (κ3) is 12.7. The number of para-hydroxylation sites is 1. The van der Waals surface area contributed by atoms with Crippen LogP contribution in [0.2, 0.25) is 0 Å². The molecule has 0 saturated carbocycles. The summed E-state index contributed by atoms with van der Waals surface area (Å²) in [7, 11) is -15.4. The predicted molar refractivity (Wildman–Crippen MR) is 223 cm³/mol. The van der Waals surface area contributed by atoms with Crippen molar-refractivity contribution in [3.05, 3.63) is 150 Å². The molecule has 2 aliphatic rings. The number of allylic oxidation sites excluding steroid dienone is 1. The van der Waals surface area contributed by atoms with E-state index in [-0.39, 0.29) is 117 Å². The zero-order valence-corrected chi connectivity index (χ0v) is 43.6. The fourth-order valence-electron chi connectivity index (χ4n) is 5.97. The summed E-state index contributed by atoms with van der Waals surface area (Å²) in [6.07, 6.45) is 0.655. The van der Waals surface area contributed by atoms with E-state index < -0.39 is 107 Å². The van der Waals surface area contributed by atoms with Gasteiger partial charge in [-0.3, -0.25) is 35.5 Å². The fourth-order valence-corrected chi connectivity index (χ4v) is 7.62. The summed E-state index contributed by atoms with van der Waals surface area (Å²) in [6.45, 7) is 1.52. The number of azo groups is 1. The molecule has 1 atom stereocenters. The molecule has 23 nitrogen and oxygen atoms in total. The predicted octanol–water partition coefficient (Wildman–Crippen LogP) is -7.62. The minimum absolute atomic E-state index is 0. The number of carbonyl (C=O) groups is 2. The van der Waals surface area contributed by atoms with Crippen LogP contribution >= 0.6 is 0 Å². The monoisotopic (exact) mass is 994 g/mol. The number of hydrazone groups is 2. The standard InChI is InChI=1S/C38H28N10O13S3.3Na/c1-20-33(44-40-23-10-12-26(13-11-23)62(53,54)55)38(52)48(47-20)25-9-5-8-24(18-25)41-45-34-30(49)15-14-28(36(34)50)42-43-29-19-27(63(56,57)58)16-21-17-31(64(59,60)61)35(37(51)32(21)29)46-39-22-6-3-2-4-7-22;;;/h2-19,33,39,41,43H,1H3,(H,53,54,55)(H,56,57,58)(H,59,60,61);;;/q;3*+1/p-3/b42-28+,44-40?,45-34-,46-35-;;;. The van der Waals surface area contributed by atoms with Gasteiger partial charge in [-0.05, 0) is 97.4 Å². The van der Waals surface area contributed by atoms with Gasteiger partial charge in [-0.2, -0.15) is 35.6 Å². The number of rotatable bonds is 12. The molecule has 3 N–H and O–H groups in total. The molecular weight excluding hydrogens is 970 g/mol. The van der Waals surface area contributed by atoms with Gasteiger partial charge in [-0.1, -0.05) is 24.3 Å². The second kappa shape index (κ2) is 22.1. The Morgan fingerprint density at radius 2 is 1.30 bits per heavy atom. The first-order chi connectivity index (χ1) is 30.2. The first-order valence-electron chi connectivity index (χ1n) is 17.8. The van der Waals surface area contributed by atoms with Crippen LogP contribution in [-0.4, -0.2) is 68.1 Å². The Labute approximate surface area is 445 Å². The normalized spacial score (nSPS) is 16.1. The number of carbonyl (C=O) groups excluding carboxylic acids is 2. The Hall–Kier alpha value is -4.75. The van der Waals surface area contributed by atoms with Gasteiger partial charge in [0, 0.05) is 0 Å². The van der Waals surface area contributed by atoms with E-state index in [9.17, 15) is 58.1 Å². The molecule has 1 unspecified atom stereocenters. The first-order valence-corrected chi connectivity index (χ1v) is 22.1. The minimum Gasteiger partial charge on any atom is -0.744 e. The smallest absolute Gasteiger partial charge is 0.744 e. The number of Topliss-reactive ketones (excluding diaryl/α,β-unsaturated/α-hetero) is 1. The van der Waals surface area contributed by atoms with Crippen molar-refractivity contribution < 1.29 is 137 Å². The van der Waals surface area contributed by atoms with Crippen molar-refractivity contribution in [1.82, 2.24) is 0 Å². The first kappa shape index (κ1) is 54.9. The van der Waals surface area contributed by atoms with Crippen molar-refractivity contribution in [2.45, 2.75) is 22.8 Å². The van der Waals surface area contributed by atoms with Crippen molar-refractivity contribution in [1.29, 1.82) is 0 Å². The summed E-state index contributed by atoms with van der Waals surface area (Å²) < 4.78 is 107. The molecule has 0 bridgehead atoms. The summed E-state index contributed by atoms with van der Waals surface area (Å²) in [4.78, 5) is 50.9. The molecule has 29 heteroatoms. The van der Waals surface area contributed by atoms with Gasteiger partial charge in [0.05, 0.1) is 54.4 Å². The molecule has 0 radical (unpaired) electrons. The Kier molecular flexibility index (Phi) is 18.1. The van der Waals surface area contributed by atoms with E-state index in [0.717, 1.165) is 29.3 Å². The van der Waals surface area contributed by atoms with Crippen LogP contribution < -0.4 is 132 Å². The third-order valence-corrected chi connectivity index (χ3v) is 11.5. The number of anilines is 4. The second-order valence-corrected chi connectivity index (χ2v) is 17.4. The minimum atomic E-state index is -5.43. The maximum atomic E-state index is 13.8. The molecule has 0 aromatic heterocycles. The van der Waals surface area contributed by atoms with Crippen LogP contribution in [0.15, 0.2) is 158 Å². The van der Waals surface area contributed by atoms with E-state index in [1.165, 1.54) is 55.5 Å². The van der Waals surface area contributed by atoms with Crippen molar-refractivity contribution >= 4 is 88.0 Å². The maximum absolute atomic E-state index is 13.8. The fraction of sp³-hybridized carbons (Fsp3) is 0.0526. The van der Waals surface area contributed by atoms with Gasteiger partial charge >= 0.3 is 88.7 Å². The van der Waals surface area contributed by atoms with E-state index in [0.29, 0.717) is 18.2 Å². The molecule has 1 amide bonds. The Balaban J connectivity index is 0.00000327. The molecule has 1 aliphatic carbocycles. The topological polar surface area (TPSA) is 353 Å². The van der Waals surface area contributed by atoms with Gasteiger partial charge in [0.25, 0.3) is 5.91 Å².